The van der Waals surface area contributed by atoms with Crippen LogP contribution in [0.15, 0.2) is 18.2 Å². The van der Waals surface area contributed by atoms with Crippen LogP contribution in [-0.4, -0.2) is 23.0 Å². The number of nitrogens with one attached hydrogen (secondary N) is 1. The Kier molecular flexibility index (Phi) is 4.89. The Morgan fingerprint density at radius 2 is 2.05 bits per heavy atom. The predicted molar refractivity (Wildman–Crippen MR) is 77.1 cm³/mol. The summed E-state index contributed by atoms with van der Waals surface area (Å²) in [5, 5.41) is 12.8. The lowest BCUT2D eigenvalue weighted by atomic mass is 10.1. The molecule has 4 nitrogen and oxygen atoms in total. The van der Waals surface area contributed by atoms with Crippen LogP contribution in [0.1, 0.15) is 24.8 Å². The maximum atomic E-state index is 11.9. The van der Waals surface area contributed by atoms with Crippen molar-refractivity contribution in [3.8, 4) is 0 Å². The molecule has 6 heteroatoms. The molecule has 2 rings (SSSR count). The van der Waals surface area contributed by atoms with E-state index in [1.807, 2.05) is 0 Å². The van der Waals surface area contributed by atoms with E-state index in [2.05, 4.69) is 5.32 Å². The van der Waals surface area contributed by atoms with Crippen LogP contribution in [0.25, 0.3) is 0 Å². The van der Waals surface area contributed by atoms with Crippen LogP contribution in [0.5, 0.6) is 0 Å². The molecule has 0 aromatic heterocycles. The van der Waals surface area contributed by atoms with Gasteiger partial charge in [-0.2, -0.15) is 0 Å². The second-order valence-electron chi connectivity index (χ2n) is 5.03. The Hall–Kier alpha value is -1.26. The van der Waals surface area contributed by atoms with E-state index in [1.54, 1.807) is 18.2 Å². The average molecular weight is 316 g/mol. The Bertz CT molecular complexity index is 533. The lowest BCUT2D eigenvalue weighted by Crippen LogP contribution is -2.34. The van der Waals surface area contributed by atoms with Crippen molar-refractivity contribution in [3.63, 3.8) is 0 Å². The molecule has 20 heavy (non-hydrogen) atoms. The fourth-order valence-electron chi connectivity index (χ4n) is 2.45. The van der Waals surface area contributed by atoms with Crippen LogP contribution in [0, 0.1) is 5.92 Å². The largest absolute Gasteiger partial charge is 0.481 e. The van der Waals surface area contributed by atoms with Gasteiger partial charge in [-0.25, -0.2) is 0 Å². The van der Waals surface area contributed by atoms with Crippen molar-refractivity contribution in [2.75, 3.05) is 0 Å². The number of aliphatic carboxylic acids is 1. The summed E-state index contributed by atoms with van der Waals surface area (Å²) in [6.07, 6.45) is 1.98. The minimum atomic E-state index is -0.789. The monoisotopic (exact) mass is 315 g/mol. The van der Waals surface area contributed by atoms with Crippen molar-refractivity contribution < 1.29 is 14.7 Å². The maximum Gasteiger partial charge on any atom is 0.306 e. The fourth-order valence-corrected chi connectivity index (χ4v) is 2.93. The first-order chi connectivity index (χ1) is 9.45. The summed E-state index contributed by atoms with van der Waals surface area (Å²) in [6, 6.07) is 4.95. The first-order valence-electron chi connectivity index (χ1n) is 6.42. The van der Waals surface area contributed by atoms with E-state index in [-0.39, 0.29) is 24.3 Å². The average Bonchev–Trinajstić information content (AvgIpc) is 2.81. The van der Waals surface area contributed by atoms with Gasteiger partial charge in [-0.05, 0) is 37.0 Å². The molecule has 1 aliphatic rings. The first kappa shape index (κ1) is 15.1. The molecule has 1 saturated carbocycles. The third-order valence-electron chi connectivity index (χ3n) is 3.51. The van der Waals surface area contributed by atoms with Gasteiger partial charge in [-0.1, -0.05) is 29.3 Å². The first-order valence-corrected chi connectivity index (χ1v) is 7.17. The van der Waals surface area contributed by atoms with Crippen molar-refractivity contribution in [2.24, 2.45) is 5.92 Å². The minimum Gasteiger partial charge on any atom is -0.481 e. The molecule has 0 bridgehead atoms. The van der Waals surface area contributed by atoms with Crippen molar-refractivity contribution in [2.45, 2.75) is 31.7 Å². The summed E-state index contributed by atoms with van der Waals surface area (Å²) >= 11 is 11.8. The molecule has 2 atom stereocenters. The molecule has 2 N–H and O–H groups in total. The maximum absolute atomic E-state index is 11.9. The molecule has 1 aromatic carbocycles. The number of benzene rings is 1. The number of carbonyl (C=O) groups excluding carboxylic acids is 1. The van der Waals surface area contributed by atoms with Crippen molar-refractivity contribution in [1.82, 2.24) is 5.32 Å². The third kappa shape index (κ3) is 3.87. The Labute approximate surface area is 127 Å². The molecule has 0 radical (unpaired) electrons. The van der Waals surface area contributed by atoms with Gasteiger partial charge in [0.15, 0.2) is 0 Å². The van der Waals surface area contributed by atoms with Gasteiger partial charge in [0, 0.05) is 16.1 Å². The molecule has 0 heterocycles. The van der Waals surface area contributed by atoms with E-state index < -0.39 is 5.97 Å². The van der Waals surface area contributed by atoms with Gasteiger partial charge >= 0.3 is 5.97 Å². The molecule has 108 valence electrons. The highest BCUT2D eigenvalue weighted by molar-refractivity contribution is 6.35. The summed E-state index contributed by atoms with van der Waals surface area (Å²) < 4.78 is 0. The number of carbonyl (C=O) groups is 2. The standard InChI is InChI=1S/C14H15Cl2NO3/c15-10-3-1-8(12(16)7-10)6-13(18)17-11-4-2-9(5-11)14(19)20/h1,3,7,9,11H,2,4-6H2,(H,17,18)(H,19,20)/t9-,11+/m0/s1. The van der Waals surface area contributed by atoms with Crippen LogP contribution in [-0.2, 0) is 16.0 Å². The molecule has 1 aromatic rings. The predicted octanol–water partition coefficient (Wildman–Crippen LogP) is 2.91. The van der Waals surface area contributed by atoms with Gasteiger partial charge in [0.25, 0.3) is 0 Å². The molecular formula is C14H15Cl2NO3. The molecule has 0 unspecified atom stereocenters. The van der Waals surface area contributed by atoms with Crippen LogP contribution < -0.4 is 5.32 Å². The zero-order chi connectivity index (χ0) is 14.7. The van der Waals surface area contributed by atoms with Crippen molar-refractivity contribution in [1.29, 1.82) is 0 Å². The normalized spacial score (nSPS) is 21.7. The van der Waals surface area contributed by atoms with E-state index in [9.17, 15) is 9.59 Å². The number of carboxylic acids is 1. The molecule has 1 fully saturated rings. The topological polar surface area (TPSA) is 66.4 Å². The summed E-state index contributed by atoms with van der Waals surface area (Å²) in [5.74, 6) is -1.29. The van der Waals surface area contributed by atoms with Crippen LogP contribution >= 0.6 is 23.2 Å². The number of halogens is 2. The van der Waals surface area contributed by atoms with E-state index in [4.69, 9.17) is 28.3 Å². The Morgan fingerprint density at radius 1 is 1.30 bits per heavy atom. The highest BCUT2D eigenvalue weighted by Crippen LogP contribution is 2.26. The Morgan fingerprint density at radius 3 is 2.65 bits per heavy atom. The molecule has 1 amide bonds. The third-order valence-corrected chi connectivity index (χ3v) is 4.10. The fraction of sp³-hybridized carbons (Fsp3) is 0.429. The van der Waals surface area contributed by atoms with Gasteiger partial charge in [0.05, 0.1) is 12.3 Å². The number of carboxylic acid groups (broad SMARTS) is 1. The molecule has 0 saturated heterocycles. The summed E-state index contributed by atoms with van der Waals surface area (Å²) in [7, 11) is 0. The lowest BCUT2D eigenvalue weighted by Gasteiger charge is -2.13. The quantitative estimate of drug-likeness (QED) is 0.897. The Balaban J connectivity index is 1.88. The molecule has 0 spiro atoms. The number of hydrogen-bond donors (Lipinski definition) is 2. The van der Waals surface area contributed by atoms with Crippen molar-refractivity contribution in [3.05, 3.63) is 33.8 Å². The lowest BCUT2D eigenvalue weighted by molar-refractivity contribution is -0.141. The summed E-state index contributed by atoms with van der Waals surface area (Å²) in [4.78, 5) is 22.8. The molecular weight excluding hydrogens is 301 g/mol. The van der Waals surface area contributed by atoms with E-state index in [0.717, 1.165) is 0 Å². The number of hydrogen-bond acceptors (Lipinski definition) is 2. The number of amides is 1. The van der Waals surface area contributed by atoms with Gasteiger partial charge in [0.1, 0.15) is 0 Å². The zero-order valence-electron chi connectivity index (χ0n) is 10.7. The summed E-state index contributed by atoms with van der Waals surface area (Å²) in [6.45, 7) is 0. The zero-order valence-corrected chi connectivity index (χ0v) is 12.2. The van der Waals surface area contributed by atoms with Gasteiger partial charge in [-0.3, -0.25) is 9.59 Å². The van der Waals surface area contributed by atoms with Crippen LogP contribution in [0.4, 0.5) is 0 Å². The second kappa shape index (κ2) is 6.46. The van der Waals surface area contributed by atoms with Gasteiger partial charge in [-0.15, -0.1) is 0 Å². The van der Waals surface area contributed by atoms with Gasteiger partial charge < -0.3 is 10.4 Å². The molecule has 0 aliphatic heterocycles. The minimum absolute atomic E-state index is 0.0605. The van der Waals surface area contributed by atoms with Crippen LogP contribution in [0.2, 0.25) is 10.0 Å². The van der Waals surface area contributed by atoms with E-state index in [1.165, 1.54) is 0 Å². The van der Waals surface area contributed by atoms with E-state index >= 15 is 0 Å². The highest BCUT2D eigenvalue weighted by atomic mass is 35.5. The van der Waals surface area contributed by atoms with Crippen LogP contribution in [0.3, 0.4) is 0 Å². The van der Waals surface area contributed by atoms with E-state index in [0.29, 0.717) is 34.9 Å². The smallest absolute Gasteiger partial charge is 0.306 e. The summed E-state index contributed by atoms with van der Waals surface area (Å²) in [5.41, 5.74) is 0.710. The van der Waals surface area contributed by atoms with Gasteiger partial charge in [0.2, 0.25) is 5.91 Å². The SMILES string of the molecule is O=C(Cc1ccc(Cl)cc1Cl)N[C@@H]1CC[C@H](C(=O)O)C1. The second-order valence-corrected chi connectivity index (χ2v) is 5.87. The number of rotatable bonds is 4. The molecule has 1 aliphatic carbocycles. The highest BCUT2D eigenvalue weighted by Gasteiger charge is 2.30. The van der Waals surface area contributed by atoms with Crippen molar-refractivity contribution >= 4 is 35.1 Å².